The van der Waals surface area contributed by atoms with Crippen LogP contribution in [0.1, 0.15) is 43.4 Å². The Labute approximate surface area is 159 Å². The van der Waals surface area contributed by atoms with E-state index in [2.05, 4.69) is 4.90 Å². The second kappa shape index (κ2) is 8.56. The Morgan fingerprint density at radius 1 is 1.23 bits per heavy atom. The predicted molar refractivity (Wildman–Crippen MR) is 103 cm³/mol. The minimum Gasteiger partial charge on any atom is -0.494 e. The normalized spacial score (nSPS) is 19.1. The molecule has 2 aromatic carbocycles. The van der Waals surface area contributed by atoms with E-state index < -0.39 is 12.0 Å². The minimum atomic E-state index is -0.766. The summed E-state index contributed by atoms with van der Waals surface area (Å²) in [6, 6.07) is 14.9. The summed E-state index contributed by atoms with van der Waals surface area (Å²) in [7, 11) is 0. The van der Waals surface area contributed by atoms with Gasteiger partial charge in [0.2, 0.25) is 0 Å². The molecule has 0 radical (unpaired) electrons. The fourth-order valence-corrected chi connectivity index (χ4v) is 3.92. The number of aliphatic carboxylic acids is 1. The van der Waals surface area contributed by atoms with E-state index in [1.54, 1.807) is 0 Å². The van der Waals surface area contributed by atoms with Crippen molar-refractivity contribution in [3.05, 3.63) is 64.7 Å². The van der Waals surface area contributed by atoms with Gasteiger partial charge >= 0.3 is 5.97 Å². The number of piperidine rings is 1. The molecule has 0 spiro atoms. The molecule has 1 saturated heterocycles. The van der Waals surface area contributed by atoms with E-state index in [4.69, 9.17) is 16.3 Å². The van der Waals surface area contributed by atoms with Crippen LogP contribution in [0.15, 0.2) is 48.5 Å². The van der Waals surface area contributed by atoms with Crippen molar-refractivity contribution in [2.75, 3.05) is 13.2 Å². The molecule has 0 aromatic heterocycles. The van der Waals surface area contributed by atoms with Crippen molar-refractivity contribution in [2.45, 2.75) is 38.3 Å². The number of hydrogen-bond acceptors (Lipinski definition) is 3. The van der Waals surface area contributed by atoms with Gasteiger partial charge in [-0.2, -0.15) is 0 Å². The van der Waals surface area contributed by atoms with E-state index in [0.717, 1.165) is 36.3 Å². The summed E-state index contributed by atoms with van der Waals surface area (Å²) < 4.78 is 5.66. The molecule has 1 N–H and O–H groups in total. The van der Waals surface area contributed by atoms with E-state index in [1.165, 1.54) is 0 Å². The lowest BCUT2D eigenvalue weighted by Crippen LogP contribution is -2.46. The number of carboxylic acids is 1. The van der Waals surface area contributed by atoms with Crippen LogP contribution in [0.5, 0.6) is 5.75 Å². The molecular weight excluding hydrogens is 350 g/mol. The van der Waals surface area contributed by atoms with Gasteiger partial charge in [0, 0.05) is 5.02 Å². The third-order valence-electron chi connectivity index (χ3n) is 4.81. The first-order valence-corrected chi connectivity index (χ1v) is 9.44. The summed E-state index contributed by atoms with van der Waals surface area (Å²) >= 11 is 6.24. The lowest BCUT2D eigenvalue weighted by Gasteiger charge is -2.39. The third kappa shape index (κ3) is 4.19. The number of carbonyl (C=O) groups is 1. The number of rotatable bonds is 6. The van der Waals surface area contributed by atoms with Crippen molar-refractivity contribution in [3.63, 3.8) is 0 Å². The molecule has 5 heteroatoms. The zero-order chi connectivity index (χ0) is 18.5. The average Bonchev–Trinajstić information content (AvgIpc) is 2.63. The summed E-state index contributed by atoms with van der Waals surface area (Å²) in [5, 5.41) is 10.4. The zero-order valence-electron chi connectivity index (χ0n) is 14.9. The van der Waals surface area contributed by atoms with Gasteiger partial charge in [-0.1, -0.05) is 42.3 Å². The second-order valence-corrected chi connectivity index (χ2v) is 6.99. The SMILES string of the molecule is CCOc1cccc(C(c2cccc(Cl)c2)N2CCCCC2C(=O)O)c1. The summed E-state index contributed by atoms with van der Waals surface area (Å²) in [6.07, 6.45) is 2.60. The number of benzene rings is 2. The Morgan fingerprint density at radius 2 is 1.96 bits per heavy atom. The lowest BCUT2D eigenvalue weighted by molar-refractivity contribution is -0.145. The van der Waals surface area contributed by atoms with Crippen molar-refractivity contribution in [2.24, 2.45) is 0 Å². The molecule has 0 amide bonds. The van der Waals surface area contributed by atoms with Gasteiger partial charge in [0.25, 0.3) is 0 Å². The van der Waals surface area contributed by atoms with E-state index in [9.17, 15) is 9.90 Å². The zero-order valence-corrected chi connectivity index (χ0v) is 15.7. The molecule has 138 valence electrons. The van der Waals surface area contributed by atoms with Crippen molar-refractivity contribution in [1.29, 1.82) is 0 Å². The van der Waals surface area contributed by atoms with Gasteiger partial charge < -0.3 is 9.84 Å². The van der Waals surface area contributed by atoms with Gasteiger partial charge in [-0.05, 0) is 61.7 Å². The first-order valence-electron chi connectivity index (χ1n) is 9.07. The van der Waals surface area contributed by atoms with Crippen LogP contribution < -0.4 is 4.74 Å². The van der Waals surface area contributed by atoms with Crippen LogP contribution in [0.25, 0.3) is 0 Å². The van der Waals surface area contributed by atoms with Crippen molar-refractivity contribution in [3.8, 4) is 5.75 Å². The van der Waals surface area contributed by atoms with E-state index in [1.807, 2.05) is 55.5 Å². The minimum absolute atomic E-state index is 0.171. The van der Waals surface area contributed by atoms with Crippen LogP contribution in [0.2, 0.25) is 5.02 Å². The first kappa shape index (κ1) is 18.7. The predicted octanol–water partition coefficient (Wildman–Crippen LogP) is 4.77. The average molecular weight is 374 g/mol. The van der Waals surface area contributed by atoms with Crippen LogP contribution in [0.3, 0.4) is 0 Å². The van der Waals surface area contributed by atoms with Gasteiger partial charge in [0.15, 0.2) is 0 Å². The third-order valence-corrected chi connectivity index (χ3v) is 5.05. The molecule has 3 rings (SSSR count). The Bertz CT molecular complexity index is 764. The monoisotopic (exact) mass is 373 g/mol. The Hall–Kier alpha value is -2.04. The number of ether oxygens (including phenoxy) is 1. The highest BCUT2D eigenvalue weighted by molar-refractivity contribution is 6.30. The van der Waals surface area contributed by atoms with Crippen molar-refractivity contribution < 1.29 is 14.6 Å². The molecular formula is C21H24ClNO3. The van der Waals surface area contributed by atoms with Crippen LogP contribution >= 0.6 is 11.6 Å². The van der Waals surface area contributed by atoms with Crippen LogP contribution in [0, 0.1) is 0 Å². The number of carboxylic acid groups (broad SMARTS) is 1. The number of likely N-dealkylation sites (tertiary alicyclic amines) is 1. The fraction of sp³-hybridized carbons (Fsp3) is 0.381. The topological polar surface area (TPSA) is 49.8 Å². The van der Waals surface area contributed by atoms with Gasteiger partial charge in [-0.3, -0.25) is 9.69 Å². The Kier molecular flexibility index (Phi) is 6.17. The second-order valence-electron chi connectivity index (χ2n) is 6.55. The van der Waals surface area contributed by atoms with Gasteiger partial charge in [-0.25, -0.2) is 0 Å². The Balaban J connectivity index is 2.07. The molecule has 0 bridgehead atoms. The van der Waals surface area contributed by atoms with Gasteiger partial charge in [0.05, 0.1) is 12.6 Å². The Morgan fingerprint density at radius 3 is 2.65 bits per heavy atom. The van der Waals surface area contributed by atoms with Crippen molar-refractivity contribution in [1.82, 2.24) is 4.90 Å². The summed E-state index contributed by atoms with van der Waals surface area (Å²) in [5.74, 6) is 0.0265. The molecule has 1 aliphatic rings. The molecule has 1 fully saturated rings. The summed E-state index contributed by atoms with van der Waals surface area (Å²) in [4.78, 5) is 14.0. The van der Waals surface area contributed by atoms with E-state index in [-0.39, 0.29) is 6.04 Å². The summed E-state index contributed by atoms with van der Waals surface area (Å²) in [5.41, 5.74) is 2.02. The van der Waals surface area contributed by atoms with Gasteiger partial charge in [-0.15, -0.1) is 0 Å². The summed E-state index contributed by atoms with van der Waals surface area (Å²) in [6.45, 7) is 3.28. The smallest absolute Gasteiger partial charge is 0.320 e. The maximum Gasteiger partial charge on any atom is 0.320 e. The van der Waals surface area contributed by atoms with Crippen LogP contribution in [0.4, 0.5) is 0 Å². The van der Waals surface area contributed by atoms with Gasteiger partial charge in [0.1, 0.15) is 11.8 Å². The van der Waals surface area contributed by atoms with E-state index in [0.29, 0.717) is 18.1 Å². The molecule has 1 aliphatic heterocycles. The standard InChI is InChI=1S/C21H24ClNO3/c1-2-26-18-10-6-8-16(14-18)20(15-7-5-9-17(22)13-15)23-12-4-3-11-19(23)21(24)25/h5-10,13-14,19-20H,2-4,11-12H2,1H3,(H,24,25). The molecule has 26 heavy (non-hydrogen) atoms. The molecule has 2 aromatic rings. The highest BCUT2D eigenvalue weighted by atomic mass is 35.5. The maximum absolute atomic E-state index is 11.9. The largest absolute Gasteiger partial charge is 0.494 e. The van der Waals surface area contributed by atoms with Crippen LogP contribution in [-0.2, 0) is 4.79 Å². The molecule has 2 unspecified atom stereocenters. The van der Waals surface area contributed by atoms with E-state index >= 15 is 0 Å². The molecule has 0 aliphatic carbocycles. The number of nitrogens with zero attached hydrogens (tertiary/aromatic N) is 1. The molecule has 2 atom stereocenters. The highest BCUT2D eigenvalue weighted by Crippen LogP contribution is 2.36. The maximum atomic E-state index is 11.9. The first-order chi connectivity index (χ1) is 12.6. The fourth-order valence-electron chi connectivity index (χ4n) is 3.72. The number of halogens is 1. The molecule has 4 nitrogen and oxygen atoms in total. The number of hydrogen-bond donors (Lipinski definition) is 1. The van der Waals surface area contributed by atoms with Crippen LogP contribution in [-0.4, -0.2) is 35.2 Å². The lowest BCUT2D eigenvalue weighted by atomic mass is 9.91. The molecule has 0 saturated carbocycles. The molecule has 1 heterocycles. The van der Waals surface area contributed by atoms with Crippen molar-refractivity contribution >= 4 is 17.6 Å². The highest BCUT2D eigenvalue weighted by Gasteiger charge is 2.35. The quantitative estimate of drug-likeness (QED) is 0.792.